The summed E-state index contributed by atoms with van der Waals surface area (Å²) in [6, 6.07) is 4.14. The number of alkyl halides is 3. The molecule has 2 saturated carbocycles. The largest absolute Gasteiger partial charge is 0.465 e. The van der Waals surface area contributed by atoms with Crippen LogP contribution >= 0.6 is 0 Å². The molecule has 2 saturated heterocycles. The van der Waals surface area contributed by atoms with Gasteiger partial charge < -0.3 is 9.64 Å². The highest BCUT2D eigenvalue weighted by molar-refractivity contribution is 5.81. The minimum Gasteiger partial charge on any atom is -0.465 e. The third-order valence-electron chi connectivity index (χ3n) is 7.74. The summed E-state index contributed by atoms with van der Waals surface area (Å²) in [4.78, 5) is 30.0. The number of carbonyl (C=O) groups is 2. The second-order valence-corrected chi connectivity index (χ2v) is 9.82. The van der Waals surface area contributed by atoms with Gasteiger partial charge in [-0.25, -0.2) is 4.98 Å². The van der Waals surface area contributed by atoms with Crippen molar-refractivity contribution in [3.8, 4) is 0 Å². The van der Waals surface area contributed by atoms with Gasteiger partial charge in [0, 0.05) is 36.0 Å². The van der Waals surface area contributed by atoms with E-state index in [4.69, 9.17) is 4.74 Å². The quantitative estimate of drug-likeness (QED) is 0.678. The van der Waals surface area contributed by atoms with Crippen LogP contribution in [0.5, 0.6) is 0 Å². The van der Waals surface area contributed by atoms with Crippen molar-refractivity contribution in [2.45, 2.75) is 57.0 Å². The number of piperidine rings is 1. The van der Waals surface area contributed by atoms with Crippen molar-refractivity contribution in [2.24, 2.45) is 16.7 Å². The molecule has 5 rings (SSSR count). The molecule has 1 aromatic heterocycles. The molecular formula is C22H25F3N2O3. The summed E-state index contributed by atoms with van der Waals surface area (Å²) in [6.07, 6.45) is 0.975. The van der Waals surface area contributed by atoms with Gasteiger partial charge in [0.05, 0.1) is 13.0 Å². The first kappa shape index (κ1) is 19.8. The maximum Gasteiger partial charge on any atom is 0.433 e. The number of aromatic nitrogens is 1. The van der Waals surface area contributed by atoms with E-state index in [0.717, 1.165) is 44.6 Å². The molecule has 2 spiro atoms. The fourth-order valence-electron chi connectivity index (χ4n) is 5.96. The fraction of sp³-hybridized carbons (Fsp3) is 0.682. The first-order chi connectivity index (χ1) is 14.2. The summed E-state index contributed by atoms with van der Waals surface area (Å²) >= 11 is 0. The molecule has 0 bridgehead atoms. The second kappa shape index (κ2) is 6.69. The lowest BCUT2D eigenvalue weighted by molar-refractivity contribution is -0.147. The number of cyclic esters (lactones) is 1. The first-order valence-electron chi connectivity index (χ1n) is 10.7. The SMILES string of the molecule is O=C1CC2(CO1)CC(C(=O)N1CCC3(CC1)CC(c1cccc(C(F)(F)F)n1)C3)C2. The van der Waals surface area contributed by atoms with Gasteiger partial charge in [0.2, 0.25) is 5.91 Å². The first-order valence-corrected chi connectivity index (χ1v) is 10.7. The molecule has 5 nitrogen and oxygen atoms in total. The Kier molecular flexibility index (Phi) is 4.42. The minimum absolute atomic E-state index is 0.00278. The summed E-state index contributed by atoms with van der Waals surface area (Å²) in [7, 11) is 0. The summed E-state index contributed by atoms with van der Waals surface area (Å²) in [5, 5.41) is 0. The molecule has 8 heteroatoms. The molecule has 0 aromatic carbocycles. The predicted octanol–water partition coefficient (Wildman–Crippen LogP) is 3.93. The van der Waals surface area contributed by atoms with Crippen molar-refractivity contribution in [3.63, 3.8) is 0 Å². The number of hydrogen-bond acceptors (Lipinski definition) is 4. The fourth-order valence-corrected chi connectivity index (χ4v) is 5.96. The molecule has 3 heterocycles. The van der Waals surface area contributed by atoms with Crippen LogP contribution < -0.4 is 0 Å². The Bertz CT molecular complexity index is 863. The van der Waals surface area contributed by atoms with Gasteiger partial charge in [-0.1, -0.05) is 6.07 Å². The molecule has 2 aliphatic carbocycles. The number of hydrogen-bond donors (Lipinski definition) is 0. The summed E-state index contributed by atoms with van der Waals surface area (Å²) < 4.78 is 43.8. The van der Waals surface area contributed by atoms with Crippen LogP contribution in [0.25, 0.3) is 0 Å². The lowest BCUT2D eigenvalue weighted by Gasteiger charge is -2.53. The van der Waals surface area contributed by atoms with E-state index in [2.05, 4.69) is 4.98 Å². The Labute approximate surface area is 173 Å². The zero-order chi connectivity index (χ0) is 21.1. The smallest absolute Gasteiger partial charge is 0.433 e. The third kappa shape index (κ3) is 3.38. The molecule has 2 aliphatic heterocycles. The molecule has 0 N–H and O–H groups in total. The molecule has 0 unspecified atom stereocenters. The monoisotopic (exact) mass is 422 g/mol. The average Bonchev–Trinajstić information content (AvgIpc) is 3.06. The number of ether oxygens (including phenoxy) is 1. The number of amides is 1. The van der Waals surface area contributed by atoms with E-state index in [1.165, 1.54) is 6.07 Å². The number of nitrogens with zero attached hydrogens (tertiary/aromatic N) is 2. The Morgan fingerprint density at radius 1 is 1.10 bits per heavy atom. The van der Waals surface area contributed by atoms with Gasteiger partial charge in [-0.3, -0.25) is 9.59 Å². The van der Waals surface area contributed by atoms with Crippen molar-refractivity contribution < 1.29 is 27.5 Å². The number of pyridine rings is 1. The third-order valence-corrected chi connectivity index (χ3v) is 7.74. The van der Waals surface area contributed by atoms with Crippen molar-refractivity contribution in [2.75, 3.05) is 19.7 Å². The van der Waals surface area contributed by atoms with E-state index in [1.807, 2.05) is 4.90 Å². The van der Waals surface area contributed by atoms with Crippen LogP contribution in [0, 0.1) is 16.7 Å². The number of carbonyl (C=O) groups excluding carboxylic acids is 2. The van der Waals surface area contributed by atoms with E-state index in [-0.39, 0.29) is 34.5 Å². The van der Waals surface area contributed by atoms with Gasteiger partial charge in [0.1, 0.15) is 5.69 Å². The molecule has 162 valence electrons. The molecule has 4 aliphatic rings. The van der Waals surface area contributed by atoms with E-state index in [9.17, 15) is 22.8 Å². The Hall–Kier alpha value is -2.12. The molecule has 1 aromatic rings. The van der Waals surface area contributed by atoms with E-state index < -0.39 is 11.9 Å². The highest BCUT2D eigenvalue weighted by atomic mass is 19.4. The van der Waals surface area contributed by atoms with Gasteiger partial charge in [0.15, 0.2) is 0 Å². The molecule has 4 fully saturated rings. The van der Waals surface area contributed by atoms with Crippen molar-refractivity contribution in [3.05, 3.63) is 29.6 Å². The second-order valence-electron chi connectivity index (χ2n) is 9.82. The minimum atomic E-state index is -4.42. The zero-order valence-electron chi connectivity index (χ0n) is 16.7. The van der Waals surface area contributed by atoms with E-state index >= 15 is 0 Å². The Balaban J connectivity index is 1.12. The normalized spacial score (nSPS) is 25.8. The number of esters is 1. The van der Waals surface area contributed by atoms with Crippen LogP contribution in [-0.2, 0) is 20.5 Å². The number of rotatable bonds is 2. The van der Waals surface area contributed by atoms with Gasteiger partial charge >= 0.3 is 12.1 Å². The van der Waals surface area contributed by atoms with Crippen LogP contribution in [0.4, 0.5) is 13.2 Å². The molecule has 30 heavy (non-hydrogen) atoms. The molecule has 0 radical (unpaired) electrons. The van der Waals surface area contributed by atoms with E-state index in [0.29, 0.717) is 31.8 Å². The topological polar surface area (TPSA) is 59.5 Å². The van der Waals surface area contributed by atoms with Crippen LogP contribution in [0.3, 0.4) is 0 Å². The summed E-state index contributed by atoms with van der Waals surface area (Å²) in [5.74, 6) is 0.0961. The summed E-state index contributed by atoms with van der Waals surface area (Å²) in [5.41, 5.74) is -0.270. The number of halogens is 3. The molecular weight excluding hydrogens is 397 g/mol. The van der Waals surface area contributed by atoms with Gasteiger partial charge in [-0.05, 0) is 56.1 Å². The van der Waals surface area contributed by atoms with E-state index in [1.54, 1.807) is 6.07 Å². The lowest BCUT2D eigenvalue weighted by atomic mass is 9.56. The summed E-state index contributed by atoms with van der Waals surface area (Å²) in [6.45, 7) is 1.87. The average molecular weight is 422 g/mol. The number of likely N-dealkylation sites (tertiary alicyclic amines) is 1. The van der Waals surface area contributed by atoms with Crippen molar-refractivity contribution in [1.29, 1.82) is 0 Å². The maximum atomic E-state index is 12.9. The lowest BCUT2D eigenvalue weighted by Crippen LogP contribution is -2.52. The van der Waals surface area contributed by atoms with Crippen LogP contribution in [0.2, 0.25) is 0 Å². The maximum absolute atomic E-state index is 12.9. The van der Waals surface area contributed by atoms with Crippen LogP contribution in [0.1, 0.15) is 62.3 Å². The highest BCUT2D eigenvalue weighted by Gasteiger charge is 2.54. The Morgan fingerprint density at radius 3 is 2.40 bits per heavy atom. The van der Waals surface area contributed by atoms with Gasteiger partial charge in [0.25, 0.3) is 0 Å². The van der Waals surface area contributed by atoms with Crippen molar-refractivity contribution >= 4 is 11.9 Å². The van der Waals surface area contributed by atoms with Crippen molar-refractivity contribution in [1.82, 2.24) is 9.88 Å². The molecule has 1 amide bonds. The predicted molar refractivity (Wildman–Crippen MR) is 100 cm³/mol. The molecule has 0 atom stereocenters. The standard InChI is InChI=1S/C22H25F3N2O3/c23-22(24,25)17-3-1-2-16(26-17)14-8-20(9-14)4-6-27(7-5-20)19(29)15-10-21(11-15)12-18(28)30-13-21/h1-3,14-15H,4-13H2. The van der Waals surface area contributed by atoms with Crippen LogP contribution in [0.15, 0.2) is 18.2 Å². The Morgan fingerprint density at radius 2 is 1.80 bits per heavy atom. The van der Waals surface area contributed by atoms with Gasteiger partial charge in [-0.15, -0.1) is 0 Å². The zero-order valence-corrected chi connectivity index (χ0v) is 16.7. The highest BCUT2D eigenvalue weighted by Crippen LogP contribution is 2.57. The van der Waals surface area contributed by atoms with Gasteiger partial charge in [-0.2, -0.15) is 13.2 Å². The van der Waals surface area contributed by atoms with Crippen LogP contribution in [-0.4, -0.2) is 41.5 Å².